The van der Waals surface area contributed by atoms with Crippen LogP contribution in [0, 0.1) is 17.2 Å². The molecule has 1 spiro atoms. The van der Waals surface area contributed by atoms with Crippen LogP contribution in [-0.4, -0.2) is 41.2 Å². The minimum absolute atomic E-state index is 0.175. The van der Waals surface area contributed by atoms with Crippen LogP contribution in [0.3, 0.4) is 0 Å². The summed E-state index contributed by atoms with van der Waals surface area (Å²) in [5.41, 5.74) is 0.554. The van der Waals surface area contributed by atoms with E-state index in [2.05, 4.69) is 0 Å². The van der Waals surface area contributed by atoms with Gasteiger partial charge in [0.2, 0.25) is 11.8 Å². The van der Waals surface area contributed by atoms with E-state index < -0.39 is 5.41 Å². The maximum absolute atomic E-state index is 13.2. The first-order valence-corrected chi connectivity index (χ1v) is 10.4. The van der Waals surface area contributed by atoms with Gasteiger partial charge in [0.25, 0.3) is 0 Å². The third kappa shape index (κ3) is 3.87. The predicted molar refractivity (Wildman–Crippen MR) is 101 cm³/mol. The first-order chi connectivity index (χ1) is 13.1. The van der Waals surface area contributed by atoms with Gasteiger partial charge in [0.15, 0.2) is 0 Å². The minimum atomic E-state index is -0.399. The molecule has 1 saturated carbocycles. The Kier molecular flexibility index (Phi) is 5.20. The second-order valence-corrected chi connectivity index (χ2v) is 8.66. The molecule has 2 aliphatic heterocycles. The molecule has 0 unspecified atom stereocenters. The summed E-state index contributed by atoms with van der Waals surface area (Å²) in [4.78, 5) is 29.8. The molecule has 2 heterocycles. The number of benzene rings is 1. The monoisotopic (exact) mass is 372 g/mol. The Morgan fingerprint density at radius 2 is 1.81 bits per heavy atom. The zero-order valence-corrected chi connectivity index (χ0v) is 16.0. The van der Waals surface area contributed by atoms with Gasteiger partial charge in [-0.1, -0.05) is 25.0 Å². The van der Waals surface area contributed by atoms with Gasteiger partial charge in [-0.15, -0.1) is 0 Å². The number of halogens is 1. The fourth-order valence-electron chi connectivity index (χ4n) is 5.17. The Morgan fingerprint density at radius 1 is 1.07 bits per heavy atom. The molecule has 146 valence electrons. The van der Waals surface area contributed by atoms with Crippen molar-refractivity contribution < 1.29 is 14.0 Å². The van der Waals surface area contributed by atoms with Gasteiger partial charge in [0.05, 0.1) is 5.41 Å². The third-order valence-electron chi connectivity index (χ3n) is 6.76. The Morgan fingerprint density at radius 3 is 2.56 bits per heavy atom. The van der Waals surface area contributed by atoms with Crippen LogP contribution >= 0.6 is 0 Å². The summed E-state index contributed by atoms with van der Waals surface area (Å²) in [5.74, 6) is 0.704. The number of amides is 2. The molecule has 0 bridgehead atoms. The molecule has 2 saturated heterocycles. The SMILES string of the molecule is O=C(CC1CCCC1)N1CC[C@]2(CCCN(Cc3ccc(F)cc3)C2=O)C1. The van der Waals surface area contributed by atoms with E-state index >= 15 is 0 Å². The number of carbonyl (C=O) groups is 2. The summed E-state index contributed by atoms with van der Waals surface area (Å²) in [7, 11) is 0. The standard InChI is InChI=1S/C22H29FN2O2/c23-19-8-6-18(7-9-19)15-24-12-3-10-22(21(24)27)11-13-25(16-22)20(26)14-17-4-1-2-5-17/h6-9,17H,1-5,10-16H2/t22-/m1/s1. The fourth-order valence-corrected chi connectivity index (χ4v) is 5.17. The number of nitrogens with zero attached hydrogens (tertiary/aromatic N) is 2. The van der Waals surface area contributed by atoms with Gasteiger partial charge >= 0.3 is 0 Å². The Hall–Kier alpha value is -1.91. The first kappa shape index (κ1) is 18.5. The van der Waals surface area contributed by atoms with Crippen molar-refractivity contribution in [1.82, 2.24) is 9.80 Å². The summed E-state index contributed by atoms with van der Waals surface area (Å²) >= 11 is 0. The van der Waals surface area contributed by atoms with Gasteiger partial charge in [0, 0.05) is 32.6 Å². The molecule has 1 aromatic rings. The smallest absolute Gasteiger partial charge is 0.230 e. The van der Waals surface area contributed by atoms with Crippen LogP contribution < -0.4 is 0 Å². The normalized spacial score (nSPS) is 26.3. The molecule has 5 heteroatoms. The van der Waals surface area contributed by atoms with Gasteiger partial charge in [-0.05, 0) is 55.7 Å². The van der Waals surface area contributed by atoms with Crippen LogP contribution in [0.1, 0.15) is 56.9 Å². The summed E-state index contributed by atoms with van der Waals surface area (Å²) in [6, 6.07) is 6.38. The Labute approximate surface area is 160 Å². The van der Waals surface area contributed by atoms with Crippen LogP contribution in [0.25, 0.3) is 0 Å². The van der Waals surface area contributed by atoms with Crippen LogP contribution in [0.5, 0.6) is 0 Å². The van der Waals surface area contributed by atoms with Gasteiger partial charge in [0.1, 0.15) is 5.82 Å². The minimum Gasteiger partial charge on any atom is -0.342 e. The molecule has 1 aliphatic carbocycles. The molecule has 0 radical (unpaired) electrons. The quantitative estimate of drug-likeness (QED) is 0.808. The number of likely N-dealkylation sites (tertiary alicyclic amines) is 2. The molecule has 2 amide bonds. The second-order valence-electron chi connectivity index (χ2n) is 8.66. The van der Waals surface area contributed by atoms with Crippen molar-refractivity contribution in [2.45, 2.75) is 57.9 Å². The Balaban J connectivity index is 1.39. The van der Waals surface area contributed by atoms with Crippen molar-refractivity contribution in [2.24, 2.45) is 11.3 Å². The van der Waals surface area contributed by atoms with E-state index in [-0.39, 0.29) is 17.6 Å². The van der Waals surface area contributed by atoms with Crippen molar-refractivity contribution in [3.05, 3.63) is 35.6 Å². The molecule has 0 aromatic heterocycles. The maximum atomic E-state index is 13.2. The number of hydrogen-bond donors (Lipinski definition) is 0. The fraction of sp³-hybridized carbons (Fsp3) is 0.636. The summed E-state index contributed by atoms with van der Waals surface area (Å²) in [6.07, 6.45) is 8.13. The molecule has 27 heavy (non-hydrogen) atoms. The van der Waals surface area contributed by atoms with Gasteiger partial charge < -0.3 is 9.80 Å². The van der Waals surface area contributed by atoms with Crippen molar-refractivity contribution in [1.29, 1.82) is 0 Å². The number of carbonyl (C=O) groups excluding carboxylic acids is 2. The molecular weight excluding hydrogens is 343 g/mol. The zero-order chi connectivity index (χ0) is 18.9. The lowest BCUT2D eigenvalue weighted by atomic mass is 9.78. The first-order valence-electron chi connectivity index (χ1n) is 10.4. The topological polar surface area (TPSA) is 40.6 Å². The van der Waals surface area contributed by atoms with E-state index in [4.69, 9.17) is 0 Å². The molecule has 3 aliphatic rings. The van der Waals surface area contributed by atoms with Crippen molar-refractivity contribution in [3.8, 4) is 0 Å². The van der Waals surface area contributed by atoms with E-state index in [0.29, 0.717) is 32.0 Å². The predicted octanol–water partition coefficient (Wildman–Crippen LogP) is 3.75. The highest BCUT2D eigenvalue weighted by molar-refractivity contribution is 5.86. The van der Waals surface area contributed by atoms with E-state index in [1.54, 1.807) is 12.1 Å². The van der Waals surface area contributed by atoms with E-state index in [9.17, 15) is 14.0 Å². The van der Waals surface area contributed by atoms with Gasteiger partial charge in [-0.25, -0.2) is 4.39 Å². The number of rotatable bonds is 4. The maximum Gasteiger partial charge on any atom is 0.230 e. The second kappa shape index (κ2) is 7.61. The van der Waals surface area contributed by atoms with Gasteiger partial charge in [-0.3, -0.25) is 9.59 Å². The van der Waals surface area contributed by atoms with E-state index in [1.165, 1.54) is 37.8 Å². The van der Waals surface area contributed by atoms with E-state index in [0.717, 1.165) is 31.4 Å². The largest absolute Gasteiger partial charge is 0.342 e. The van der Waals surface area contributed by atoms with Crippen LogP contribution in [0.4, 0.5) is 4.39 Å². The molecule has 4 rings (SSSR count). The van der Waals surface area contributed by atoms with Crippen LogP contribution in [0.15, 0.2) is 24.3 Å². The molecule has 4 nitrogen and oxygen atoms in total. The lowest BCUT2D eigenvalue weighted by Crippen LogP contribution is -2.50. The zero-order valence-electron chi connectivity index (χ0n) is 16.0. The van der Waals surface area contributed by atoms with Crippen molar-refractivity contribution in [3.63, 3.8) is 0 Å². The summed E-state index contributed by atoms with van der Waals surface area (Å²) in [5, 5.41) is 0. The average molecular weight is 372 g/mol. The summed E-state index contributed by atoms with van der Waals surface area (Å²) < 4.78 is 13.1. The highest BCUT2D eigenvalue weighted by Crippen LogP contribution is 2.41. The van der Waals surface area contributed by atoms with Crippen LogP contribution in [0.2, 0.25) is 0 Å². The van der Waals surface area contributed by atoms with Crippen molar-refractivity contribution >= 4 is 11.8 Å². The number of piperidine rings is 1. The molecule has 0 N–H and O–H groups in total. The lowest BCUT2D eigenvalue weighted by Gasteiger charge is -2.39. The molecule has 3 fully saturated rings. The number of hydrogen-bond acceptors (Lipinski definition) is 2. The van der Waals surface area contributed by atoms with Crippen LogP contribution in [-0.2, 0) is 16.1 Å². The van der Waals surface area contributed by atoms with E-state index in [1.807, 2.05) is 9.80 Å². The average Bonchev–Trinajstić information content (AvgIpc) is 3.32. The third-order valence-corrected chi connectivity index (χ3v) is 6.76. The molecule has 1 aromatic carbocycles. The molecular formula is C22H29FN2O2. The van der Waals surface area contributed by atoms with Crippen molar-refractivity contribution in [2.75, 3.05) is 19.6 Å². The summed E-state index contributed by atoms with van der Waals surface area (Å²) in [6.45, 7) is 2.56. The molecule has 1 atom stereocenters. The highest BCUT2D eigenvalue weighted by Gasteiger charge is 2.49. The lowest BCUT2D eigenvalue weighted by molar-refractivity contribution is -0.146. The Bertz CT molecular complexity index is 699. The van der Waals surface area contributed by atoms with Gasteiger partial charge in [-0.2, -0.15) is 0 Å². The highest BCUT2D eigenvalue weighted by atomic mass is 19.1.